The number of nitrogens with one attached hydrogen (secondary N) is 1. The van der Waals surface area contributed by atoms with Gasteiger partial charge in [0.2, 0.25) is 0 Å². The molecule has 1 N–H and O–H groups in total. The molecule has 4 atom stereocenters. The van der Waals surface area contributed by atoms with E-state index in [0.29, 0.717) is 18.2 Å². The van der Waals surface area contributed by atoms with Gasteiger partial charge >= 0.3 is 0 Å². The smallest absolute Gasteiger partial charge is 0.0565 e. The van der Waals surface area contributed by atoms with Crippen LogP contribution in [0.4, 0.5) is 0 Å². The summed E-state index contributed by atoms with van der Waals surface area (Å²) in [6.45, 7) is 4.40. The second kappa shape index (κ2) is 5.74. The van der Waals surface area contributed by atoms with Crippen LogP contribution >= 0.6 is 11.8 Å². The van der Waals surface area contributed by atoms with E-state index < -0.39 is 0 Å². The van der Waals surface area contributed by atoms with Crippen LogP contribution in [0.2, 0.25) is 0 Å². The van der Waals surface area contributed by atoms with Gasteiger partial charge in [-0.25, -0.2) is 0 Å². The van der Waals surface area contributed by atoms with Crippen LogP contribution in [-0.2, 0) is 4.74 Å². The molecule has 2 fully saturated rings. The standard InChI is InChI=1S/C13H25NOS/c1-9-7-11(8-10(2)15-9)14-12-5-4-6-13(12)16-3/h9-14H,4-8H2,1-3H3. The van der Waals surface area contributed by atoms with Gasteiger partial charge in [0.1, 0.15) is 0 Å². The first kappa shape index (κ1) is 12.7. The fourth-order valence-corrected chi connectivity index (χ4v) is 4.19. The van der Waals surface area contributed by atoms with Gasteiger partial charge < -0.3 is 10.1 Å². The van der Waals surface area contributed by atoms with E-state index in [1.165, 1.54) is 32.1 Å². The molecular weight excluding hydrogens is 218 g/mol. The summed E-state index contributed by atoms with van der Waals surface area (Å²) in [7, 11) is 0. The summed E-state index contributed by atoms with van der Waals surface area (Å²) in [5.74, 6) is 0. The molecule has 2 nitrogen and oxygen atoms in total. The average Bonchev–Trinajstić information content (AvgIpc) is 2.63. The Balaban J connectivity index is 1.84. The Bertz CT molecular complexity index is 214. The second-order valence-electron chi connectivity index (χ2n) is 5.40. The lowest BCUT2D eigenvalue weighted by molar-refractivity contribution is -0.0433. The van der Waals surface area contributed by atoms with Crippen molar-refractivity contribution in [2.45, 2.75) is 75.5 Å². The maximum absolute atomic E-state index is 5.79. The molecule has 0 aromatic carbocycles. The van der Waals surface area contributed by atoms with Crippen molar-refractivity contribution in [2.75, 3.05) is 6.26 Å². The van der Waals surface area contributed by atoms with E-state index in [-0.39, 0.29) is 0 Å². The van der Waals surface area contributed by atoms with Crippen LogP contribution < -0.4 is 5.32 Å². The highest BCUT2D eigenvalue weighted by atomic mass is 32.2. The molecule has 0 spiro atoms. The van der Waals surface area contributed by atoms with E-state index in [2.05, 4.69) is 25.4 Å². The van der Waals surface area contributed by atoms with Gasteiger partial charge in [-0.1, -0.05) is 6.42 Å². The van der Waals surface area contributed by atoms with Crippen molar-refractivity contribution < 1.29 is 4.74 Å². The van der Waals surface area contributed by atoms with Gasteiger partial charge in [0.15, 0.2) is 0 Å². The number of thioether (sulfide) groups is 1. The molecule has 2 aliphatic rings. The maximum Gasteiger partial charge on any atom is 0.0565 e. The van der Waals surface area contributed by atoms with Crippen molar-refractivity contribution in [3.8, 4) is 0 Å². The Morgan fingerprint density at radius 1 is 1.12 bits per heavy atom. The van der Waals surface area contributed by atoms with E-state index in [4.69, 9.17) is 4.74 Å². The fraction of sp³-hybridized carbons (Fsp3) is 1.00. The largest absolute Gasteiger partial charge is 0.375 e. The third-order valence-corrected chi connectivity index (χ3v) is 5.07. The topological polar surface area (TPSA) is 21.3 Å². The molecule has 0 amide bonds. The summed E-state index contributed by atoms with van der Waals surface area (Å²) >= 11 is 2.04. The Morgan fingerprint density at radius 3 is 2.44 bits per heavy atom. The lowest BCUT2D eigenvalue weighted by Gasteiger charge is -2.35. The van der Waals surface area contributed by atoms with Crippen molar-refractivity contribution in [2.24, 2.45) is 0 Å². The van der Waals surface area contributed by atoms with Gasteiger partial charge in [-0.15, -0.1) is 0 Å². The van der Waals surface area contributed by atoms with Crippen LogP contribution in [0, 0.1) is 0 Å². The third kappa shape index (κ3) is 3.14. The zero-order valence-corrected chi connectivity index (χ0v) is 11.6. The monoisotopic (exact) mass is 243 g/mol. The van der Waals surface area contributed by atoms with Crippen LogP contribution in [0.1, 0.15) is 46.0 Å². The number of hydrogen-bond acceptors (Lipinski definition) is 3. The fourth-order valence-electron chi connectivity index (χ4n) is 3.24. The van der Waals surface area contributed by atoms with Crippen LogP contribution in [0.3, 0.4) is 0 Å². The van der Waals surface area contributed by atoms with Gasteiger partial charge in [-0.05, 0) is 45.8 Å². The number of hydrogen-bond donors (Lipinski definition) is 1. The van der Waals surface area contributed by atoms with E-state index in [0.717, 1.165) is 11.3 Å². The second-order valence-corrected chi connectivity index (χ2v) is 6.48. The molecule has 16 heavy (non-hydrogen) atoms. The minimum absolute atomic E-state index is 0.426. The molecule has 1 saturated carbocycles. The normalized spacial score (nSPS) is 44.8. The molecule has 4 unspecified atom stereocenters. The first-order valence-electron chi connectivity index (χ1n) is 6.63. The SMILES string of the molecule is CSC1CCCC1NC1CC(C)OC(C)C1. The zero-order chi connectivity index (χ0) is 11.5. The van der Waals surface area contributed by atoms with Crippen LogP contribution in [0.25, 0.3) is 0 Å². The minimum Gasteiger partial charge on any atom is -0.375 e. The van der Waals surface area contributed by atoms with Crippen LogP contribution in [0.15, 0.2) is 0 Å². The molecule has 0 radical (unpaired) electrons. The summed E-state index contributed by atoms with van der Waals surface area (Å²) in [5, 5.41) is 4.72. The summed E-state index contributed by atoms with van der Waals surface area (Å²) in [5.41, 5.74) is 0. The number of rotatable bonds is 3. The molecule has 2 rings (SSSR count). The van der Waals surface area contributed by atoms with Crippen molar-refractivity contribution in [3.05, 3.63) is 0 Å². The molecule has 1 heterocycles. The first-order valence-corrected chi connectivity index (χ1v) is 7.92. The van der Waals surface area contributed by atoms with E-state index in [1.54, 1.807) is 0 Å². The summed E-state index contributed by atoms with van der Waals surface area (Å²) < 4.78 is 5.79. The Morgan fingerprint density at radius 2 is 1.81 bits per heavy atom. The highest BCUT2D eigenvalue weighted by Gasteiger charge is 2.31. The van der Waals surface area contributed by atoms with Crippen molar-refractivity contribution in [1.82, 2.24) is 5.32 Å². The zero-order valence-electron chi connectivity index (χ0n) is 10.7. The van der Waals surface area contributed by atoms with Crippen molar-refractivity contribution in [1.29, 1.82) is 0 Å². The van der Waals surface area contributed by atoms with Gasteiger partial charge in [-0.3, -0.25) is 0 Å². The molecule has 0 bridgehead atoms. The van der Waals surface area contributed by atoms with Gasteiger partial charge in [0, 0.05) is 17.3 Å². The van der Waals surface area contributed by atoms with Gasteiger partial charge in [0.25, 0.3) is 0 Å². The summed E-state index contributed by atoms with van der Waals surface area (Å²) in [6.07, 6.45) is 9.63. The van der Waals surface area contributed by atoms with Crippen molar-refractivity contribution in [3.63, 3.8) is 0 Å². The van der Waals surface area contributed by atoms with Gasteiger partial charge in [-0.2, -0.15) is 11.8 Å². The van der Waals surface area contributed by atoms with Crippen molar-refractivity contribution >= 4 is 11.8 Å². The van der Waals surface area contributed by atoms with Crippen LogP contribution in [0.5, 0.6) is 0 Å². The Labute approximate surface area is 104 Å². The van der Waals surface area contributed by atoms with E-state index >= 15 is 0 Å². The van der Waals surface area contributed by atoms with E-state index in [1.807, 2.05) is 11.8 Å². The minimum atomic E-state index is 0.426. The molecule has 1 saturated heterocycles. The molecule has 0 aromatic rings. The lowest BCUT2D eigenvalue weighted by Crippen LogP contribution is -2.47. The average molecular weight is 243 g/mol. The molecule has 0 aromatic heterocycles. The quantitative estimate of drug-likeness (QED) is 0.823. The predicted octanol–water partition coefficient (Wildman–Crippen LogP) is 2.82. The first-order chi connectivity index (χ1) is 7.69. The highest BCUT2D eigenvalue weighted by Crippen LogP contribution is 2.30. The maximum atomic E-state index is 5.79. The third-order valence-electron chi connectivity index (χ3n) is 3.90. The lowest BCUT2D eigenvalue weighted by atomic mass is 9.98. The highest BCUT2D eigenvalue weighted by molar-refractivity contribution is 7.99. The van der Waals surface area contributed by atoms with Gasteiger partial charge in [0.05, 0.1) is 12.2 Å². The number of ether oxygens (including phenoxy) is 1. The molecule has 94 valence electrons. The summed E-state index contributed by atoms with van der Waals surface area (Å²) in [4.78, 5) is 0. The van der Waals surface area contributed by atoms with Crippen LogP contribution in [-0.4, -0.2) is 35.8 Å². The molecular formula is C13H25NOS. The Kier molecular flexibility index (Phi) is 4.57. The summed E-state index contributed by atoms with van der Waals surface area (Å²) in [6, 6.07) is 1.42. The van der Waals surface area contributed by atoms with E-state index in [9.17, 15) is 0 Å². The predicted molar refractivity (Wildman–Crippen MR) is 71.1 cm³/mol. The molecule has 1 aliphatic carbocycles. The molecule has 1 aliphatic heterocycles. The molecule has 3 heteroatoms. The Hall–Kier alpha value is 0.270.